The lowest BCUT2D eigenvalue weighted by Gasteiger charge is -2.34. The third-order valence-electron chi connectivity index (χ3n) is 3.97. The zero-order valence-electron chi connectivity index (χ0n) is 12.9. The topological polar surface area (TPSA) is 93.6 Å². The zero-order chi connectivity index (χ0) is 17.3. The quantitative estimate of drug-likeness (QED) is 0.707. The average Bonchev–Trinajstić information content (AvgIpc) is 2.94. The summed E-state index contributed by atoms with van der Waals surface area (Å²) in [6.07, 6.45) is 0. The number of benzene rings is 1. The first-order valence-electron chi connectivity index (χ1n) is 7.38. The summed E-state index contributed by atoms with van der Waals surface area (Å²) in [6.45, 7) is 3.09. The maximum Gasteiger partial charge on any atom is 0.308 e. The fraction of sp³-hybridized carbons (Fsp3) is 0.333. The second-order valence-corrected chi connectivity index (χ2v) is 6.37. The van der Waals surface area contributed by atoms with Crippen LogP contribution in [0, 0.1) is 12.1 Å². The van der Waals surface area contributed by atoms with E-state index in [4.69, 9.17) is 0 Å². The highest BCUT2D eigenvalue weighted by Crippen LogP contribution is 2.14. The van der Waals surface area contributed by atoms with Crippen LogP contribution in [0.5, 0.6) is 0 Å². The van der Waals surface area contributed by atoms with Gasteiger partial charge in [-0.3, -0.25) is 14.2 Å². The molecular weight excluding hydrogens is 380 g/mol. The van der Waals surface area contributed by atoms with E-state index in [0.717, 1.165) is 4.47 Å². The van der Waals surface area contributed by atoms with Crippen molar-refractivity contribution in [1.82, 2.24) is 15.0 Å². The van der Waals surface area contributed by atoms with Crippen molar-refractivity contribution >= 4 is 27.7 Å². The molecule has 24 heavy (non-hydrogen) atoms. The molecule has 1 fully saturated rings. The molecule has 0 atom stereocenters. The summed E-state index contributed by atoms with van der Waals surface area (Å²) in [5.74, 6) is -0.425. The van der Waals surface area contributed by atoms with Gasteiger partial charge in [0, 0.05) is 43.1 Å². The first-order chi connectivity index (χ1) is 11.5. The summed E-state index contributed by atoms with van der Waals surface area (Å²) in [5.41, 5.74) is 0.753. The van der Waals surface area contributed by atoms with Gasteiger partial charge in [0.25, 0.3) is 5.91 Å². The number of carbonyl (C=O) groups is 2. The molecule has 0 bridgehead atoms. The van der Waals surface area contributed by atoms with Crippen LogP contribution in [0.25, 0.3) is 0 Å². The van der Waals surface area contributed by atoms with Gasteiger partial charge >= 0.3 is 11.6 Å². The minimum atomic E-state index is -0.360. The molecule has 2 heterocycles. The molecule has 1 aromatic carbocycles. The molecule has 0 N–H and O–H groups in total. The van der Waals surface area contributed by atoms with Gasteiger partial charge in [0.05, 0.1) is 5.16 Å². The standard InChI is InChI=1S/C15H15BrN4O4/c1-10-13(17-24-20(10)23)15(22)19-8-6-18(7-9-19)14(21)11-2-4-12(16)5-3-11/h2-5H,6-9H2,1H3. The van der Waals surface area contributed by atoms with Crippen LogP contribution in [0.4, 0.5) is 0 Å². The van der Waals surface area contributed by atoms with Crippen LogP contribution >= 0.6 is 15.9 Å². The van der Waals surface area contributed by atoms with Gasteiger partial charge in [-0.2, -0.15) is 0 Å². The number of carbonyl (C=O) groups excluding carboxylic acids is 2. The average molecular weight is 395 g/mol. The van der Waals surface area contributed by atoms with E-state index in [1.807, 2.05) is 12.1 Å². The Kier molecular flexibility index (Phi) is 4.52. The maximum absolute atomic E-state index is 12.5. The summed E-state index contributed by atoms with van der Waals surface area (Å²) < 4.78 is 5.34. The predicted molar refractivity (Wildman–Crippen MR) is 86.1 cm³/mol. The minimum Gasteiger partial charge on any atom is -0.359 e. The highest BCUT2D eigenvalue weighted by Gasteiger charge is 2.31. The van der Waals surface area contributed by atoms with E-state index >= 15 is 0 Å². The van der Waals surface area contributed by atoms with Gasteiger partial charge in [-0.15, -0.1) is 0 Å². The number of rotatable bonds is 2. The number of hydrogen-bond acceptors (Lipinski definition) is 5. The second kappa shape index (κ2) is 6.60. The van der Waals surface area contributed by atoms with Gasteiger partial charge in [0.2, 0.25) is 5.69 Å². The molecule has 0 saturated carbocycles. The van der Waals surface area contributed by atoms with Crippen molar-refractivity contribution in [2.75, 3.05) is 26.2 Å². The Balaban J connectivity index is 1.63. The van der Waals surface area contributed by atoms with Gasteiger partial charge in [-0.25, -0.2) is 0 Å². The Morgan fingerprint density at radius 3 is 2.17 bits per heavy atom. The lowest BCUT2D eigenvalue weighted by Crippen LogP contribution is -2.50. The van der Waals surface area contributed by atoms with Crippen molar-refractivity contribution < 1.29 is 19.1 Å². The molecule has 8 nitrogen and oxygen atoms in total. The van der Waals surface area contributed by atoms with E-state index in [0.29, 0.717) is 31.7 Å². The molecule has 9 heteroatoms. The lowest BCUT2D eigenvalue weighted by molar-refractivity contribution is -0.806. The van der Waals surface area contributed by atoms with Gasteiger partial charge in [-0.05, 0) is 29.2 Å². The Morgan fingerprint density at radius 1 is 1.12 bits per heavy atom. The van der Waals surface area contributed by atoms with Crippen molar-refractivity contribution in [3.05, 3.63) is 50.9 Å². The summed E-state index contributed by atoms with van der Waals surface area (Å²) >= 11 is 3.34. The molecule has 0 spiro atoms. The number of nitrogens with zero attached hydrogens (tertiary/aromatic N) is 4. The van der Waals surface area contributed by atoms with E-state index < -0.39 is 0 Å². The van der Waals surface area contributed by atoms with Crippen LogP contribution in [-0.4, -0.2) is 52.9 Å². The van der Waals surface area contributed by atoms with Gasteiger partial charge in [-0.1, -0.05) is 15.9 Å². The van der Waals surface area contributed by atoms with E-state index in [-0.39, 0.29) is 28.1 Å². The third-order valence-corrected chi connectivity index (χ3v) is 4.50. The fourth-order valence-corrected chi connectivity index (χ4v) is 2.79. The summed E-state index contributed by atoms with van der Waals surface area (Å²) in [5, 5.41) is 14.7. The largest absolute Gasteiger partial charge is 0.359 e. The second-order valence-electron chi connectivity index (χ2n) is 5.46. The van der Waals surface area contributed by atoms with Crippen LogP contribution in [-0.2, 0) is 0 Å². The van der Waals surface area contributed by atoms with Crippen LogP contribution in [0.15, 0.2) is 33.4 Å². The van der Waals surface area contributed by atoms with Crippen LogP contribution in [0.1, 0.15) is 26.5 Å². The van der Waals surface area contributed by atoms with Crippen LogP contribution in [0.3, 0.4) is 0 Å². The van der Waals surface area contributed by atoms with Crippen LogP contribution in [0.2, 0.25) is 0 Å². The van der Waals surface area contributed by atoms with Crippen molar-refractivity contribution in [1.29, 1.82) is 0 Å². The molecule has 0 radical (unpaired) electrons. The van der Waals surface area contributed by atoms with Crippen molar-refractivity contribution in [2.45, 2.75) is 6.92 Å². The molecule has 126 valence electrons. The molecule has 2 amide bonds. The number of hydrogen-bond donors (Lipinski definition) is 0. The minimum absolute atomic E-state index is 0.0117. The Labute approximate surface area is 146 Å². The number of aromatic nitrogens is 2. The predicted octanol–water partition coefficient (Wildman–Crippen LogP) is 0.977. The number of halogens is 1. The highest BCUT2D eigenvalue weighted by atomic mass is 79.9. The molecular formula is C15H15BrN4O4. The van der Waals surface area contributed by atoms with Gasteiger partial charge < -0.3 is 15.0 Å². The molecule has 3 rings (SSSR count). The smallest absolute Gasteiger partial charge is 0.308 e. The van der Waals surface area contributed by atoms with E-state index in [1.165, 1.54) is 6.92 Å². The SMILES string of the molecule is Cc1c(C(=O)N2CCN(C(=O)c3ccc(Br)cc3)CC2)no[n+]1[O-]. The van der Waals surface area contributed by atoms with Gasteiger partial charge in [0.1, 0.15) is 0 Å². The molecule has 2 aromatic rings. The Morgan fingerprint density at radius 2 is 1.67 bits per heavy atom. The number of piperazine rings is 1. The van der Waals surface area contributed by atoms with Gasteiger partial charge in [0.15, 0.2) is 0 Å². The van der Waals surface area contributed by atoms with E-state index in [2.05, 4.69) is 25.7 Å². The highest BCUT2D eigenvalue weighted by molar-refractivity contribution is 9.10. The summed E-state index contributed by atoms with van der Waals surface area (Å²) in [6, 6.07) is 7.16. The molecule has 1 aromatic heterocycles. The fourth-order valence-electron chi connectivity index (χ4n) is 2.52. The molecule has 1 aliphatic rings. The number of amides is 2. The summed E-state index contributed by atoms with van der Waals surface area (Å²) in [7, 11) is 0. The van der Waals surface area contributed by atoms with Crippen molar-refractivity contribution in [2.24, 2.45) is 0 Å². The lowest BCUT2D eigenvalue weighted by atomic mass is 10.2. The van der Waals surface area contributed by atoms with Crippen molar-refractivity contribution in [3.63, 3.8) is 0 Å². The molecule has 1 saturated heterocycles. The van der Waals surface area contributed by atoms with Crippen LogP contribution < -0.4 is 4.90 Å². The van der Waals surface area contributed by atoms with Crippen molar-refractivity contribution in [3.8, 4) is 0 Å². The van der Waals surface area contributed by atoms with E-state index in [1.54, 1.807) is 21.9 Å². The first kappa shape index (κ1) is 16.4. The summed E-state index contributed by atoms with van der Waals surface area (Å²) in [4.78, 5) is 28.3. The van der Waals surface area contributed by atoms with E-state index in [9.17, 15) is 14.8 Å². The molecule has 1 aliphatic heterocycles. The Bertz CT molecular complexity index is 766. The maximum atomic E-state index is 12.5. The normalized spacial score (nSPS) is 14.8. The zero-order valence-corrected chi connectivity index (χ0v) is 14.5. The first-order valence-corrected chi connectivity index (χ1v) is 8.17. The Hall–Kier alpha value is -2.42. The molecule has 0 unspecified atom stereocenters. The third kappa shape index (κ3) is 3.12. The molecule has 0 aliphatic carbocycles. The monoisotopic (exact) mass is 394 g/mol.